The van der Waals surface area contributed by atoms with Crippen molar-refractivity contribution in [3.63, 3.8) is 0 Å². The van der Waals surface area contributed by atoms with Crippen LogP contribution in [0.4, 0.5) is 0 Å². The molecule has 4 heterocycles. The highest BCUT2D eigenvalue weighted by Crippen LogP contribution is 2.21. The van der Waals surface area contributed by atoms with Gasteiger partial charge in [0.05, 0.1) is 36.2 Å². The summed E-state index contributed by atoms with van der Waals surface area (Å²) in [5, 5.41) is 14.6. The van der Waals surface area contributed by atoms with Crippen LogP contribution in [0.5, 0.6) is 0 Å². The lowest BCUT2D eigenvalue weighted by molar-refractivity contribution is -0.131. The summed E-state index contributed by atoms with van der Waals surface area (Å²) in [6.07, 6.45) is 5.01. The smallest absolute Gasteiger partial charge is 0.228 e. The van der Waals surface area contributed by atoms with Crippen molar-refractivity contribution >= 4 is 11.6 Å². The van der Waals surface area contributed by atoms with Crippen molar-refractivity contribution in [2.75, 3.05) is 6.54 Å². The van der Waals surface area contributed by atoms with Crippen molar-refractivity contribution in [3.05, 3.63) is 53.2 Å². The molecule has 0 fully saturated rings. The second-order valence-corrected chi connectivity index (χ2v) is 7.19. The zero-order chi connectivity index (χ0) is 19.0. The maximum Gasteiger partial charge on any atom is 0.228 e. The molecule has 0 radical (unpaired) electrons. The predicted molar refractivity (Wildman–Crippen MR) is 101 cm³/mol. The standard InChI is InChI=1S/C20H25N5O2/c1-3-18(26)17-10-16-13-23(7-5-9-25(16)22-17)19(27)11-15-12-21-20-14(2)6-4-8-24(15)20/h4,6,8,10,12,18,26H,3,5,7,9,11,13H2,1-2H3. The Morgan fingerprint density at radius 3 is 3.04 bits per heavy atom. The topological polar surface area (TPSA) is 75.7 Å². The molecule has 0 bridgehead atoms. The van der Waals surface area contributed by atoms with Gasteiger partial charge < -0.3 is 14.4 Å². The number of fused-ring (bicyclic) bond motifs is 2. The normalized spacial score (nSPS) is 15.6. The van der Waals surface area contributed by atoms with Gasteiger partial charge in [0, 0.05) is 25.5 Å². The van der Waals surface area contributed by atoms with Gasteiger partial charge in [-0.05, 0) is 37.5 Å². The summed E-state index contributed by atoms with van der Waals surface area (Å²) >= 11 is 0. The van der Waals surface area contributed by atoms with Gasteiger partial charge in [-0.25, -0.2) is 4.98 Å². The molecule has 1 aliphatic heterocycles. The van der Waals surface area contributed by atoms with Crippen molar-refractivity contribution in [1.29, 1.82) is 0 Å². The summed E-state index contributed by atoms with van der Waals surface area (Å²) in [4.78, 5) is 19.3. The van der Waals surface area contributed by atoms with Crippen LogP contribution in [-0.4, -0.2) is 41.6 Å². The number of aromatic nitrogens is 4. The van der Waals surface area contributed by atoms with Crippen LogP contribution in [0.3, 0.4) is 0 Å². The van der Waals surface area contributed by atoms with Crippen molar-refractivity contribution < 1.29 is 9.90 Å². The average molecular weight is 367 g/mol. The van der Waals surface area contributed by atoms with Gasteiger partial charge in [-0.2, -0.15) is 5.10 Å². The molecule has 3 aromatic heterocycles. The fourth-order valence-corrected chi connectivity index (χ4v) is 3.67. The molecule has 27 heavy (non-hydrogen) atoms. The molecule has 0 saturated heterocycles. The average Bonchev–Trinajstić information content (AvgIpc) is 3.20. The van der Waals surface area contributed by atoms with Gasteiger partial charge in [-0.15, -0.1) is 0 Å². The van der Waals surface area contributed by atoms with E-state index in [1.807, 2.05) is 52.2 Å². The Morgan fingerprint density at radius 2 is 2.22 bits per heavy atom. The minimum absolute atomic E-state index is 0.0885. The summed E-state index contributed by atoms with van der Waals surface area (Å²) < 4.78 is 3.92. The molecular weight excluding hydrogens is 342 g/mol. The van der Waals surface area contributed by atoms with E-state index < -0.39 is 6.10 Å². The highest BCUT2D eigenvalue weighted by Gasteiger charge is 2.23. The molecule has 0 spiro atoms. The summed E-state index contributed by atoms with van der Waals surface area (Å²) in [5.41, 5.74) is 4.57. The third-order valence-electron chi connectivity index (χ3n) is 5.25. The van der Waals surface area contributed by atoms with Crippen LogP contribution in [0.15, 0.2) is 30.6 Å². The first-order valence-corrected chi connectivity index (χ1v) is 9.51. The SMILES string of the molecule is CCC(O)c1cc2n(n1)CCCN(C(=O)Cc1cnc3c(C)cccn13)C2. The fourth-order valence-electron chi connectivity index (χ4n) is 3.67. The van der Waals surface area contributed by atoms with Crippen LogP contribution in [0, 0.1) is 6.92 Å². The Hall–Kier alpha value is -2.67. The quantitative estimate of drug-likeness (QED) is 0.767. The Balaban J connectivity index is 1.53. The molecule has 1 aliphatic rings. The van der Waals surface area contributed by atoms with Gasteiger partial charge in [-0.1, -0.05) is 13.0 Å². The minimum Gasteiger partial charge on any atom is -0.387 e. The van der Waals surface area contributed by atoms with Gasteiger partial charge in [-0.3, -0.25) is 9.48 Å². The van der Waals surface area contributed by atoms with Crippen molar-refractivity contribution in [2.45, 2.75) is 52.3 Å². The van der Waals surface area contributed by atoms with E-state index in [1.54, 1.807) is 6.20 Å². The minimum atomic E-state index is -0.546. The number of hydrogen-bond acceptors (Lipinski definition) is 4. The lowest BCUT2D eigenvalue weighted by atomic mass is 10.2. The van der Waals surface area contributed by atoms with E-state index in [0.29, 0.717) is 31.6 Å². The maximum absolute atomic E-state index is 13.0. The first kappa shape index (κ1) is 17.7. The Kier molecular flexibility index (Phi) is 4.70. The summed E-state index contributed by atoms with van der Waals surface area (Å²) in [6, 6.07) is 5.92. The molecule has 1 atom stereocenters. The van der Waals surface area contributed by atoms with Gasteiger partial charge in [0.2, 0.25) is 5.91 Å². The van der Waals surface area contributed by atoms with Crippen LogP contribution in [0.2, 0.25) is 0 Å². The number of amides is 1. The van der Waals surface area contributed by atoms with Crippen LogP contribution < -0.4 is 0 Å². The van der Waals surface area contributed by atoms with Crippen LogP contribution in [0.25, 0.3) is 5.65 Å². The molecule has 1 unspecified atom stereocenters. The maximum atomic E-state index is 13.0. The number of aliphatic hydroxyl groups is 1. The van der Waals surface area contributed by atoms with Crippen molar-refractivity contribution in [2.24, 2.45) is 0 Å². The molecule has 142 valence electrons. The lowest BCUT2D eigenvalue weighted by Crippen LogP contribution is -2.32. The Bertz CT molecular complexity index is 974. The molecule has 7 heteroatoms. The van der Waals surface area contributed by atoms with E-state index in [1.165, 1.54) is 0 Å². The number of aryl methyl sites for hydroxylation is 2. The number of imidazole rings is 1. The van der Waals surface area contributed by atoms with Crippen molar-refractivity contribution in [1.82, 2.24) is 24.1 Å². The molecule has 3 aromatic rings. The number of nitrogens with zero attached hydrogens (tertiary/aromatic N) is 5. The zero-order valence-corrected chi connectivity index (χ0v) is 15.8. The third-order valence-corrected chi connectivity index (χ3v) is 5.25. The lowest BCUT2D eigenvalue weighted by Gasteiger charge is -2.20. The molecule has 4 rings (SSSR count). The summed E-state index contributed by atoms with van der Waals surface area (Å²) in [7, 11) is 0. The van der Waals surface area contributed by atoms with Gasteiger partial charge in [0.15, 0.2) is 0 Å². The molecule has 0 saturated carbocycles. The van der Waals surface area contributed by atoms with Crippen molar-refractivity contribution in [3.8, 4) is 0 Å². The Morgan fingerprint density at radius 1 is 1.37 bits per heavy atom. The number of carbonyl (C=O) groups is 1. The predicted octanol–water partition coefficient (Wildman–Crippen LogP) is 2.26. The van der Waals surface area contributed by atoms with Crippen LogP contribution >= 0.6 is 0 Å². The molecular formula is C20H25N5O2. The fraction of sp³-hybridized carbons (Fsp3) is 0.450. The highest BCUT2D eigenvalue weighted by molar-refractivity contribution is 5.78. The monoisotopic (exact) mass is 367 g/mol. The largest absolute Gasteiger partial charge is 0.387 e. The number of carbonyl (C=O) groups excluding carboxylic acids is 1. The van der Waals surface area contributed by atoms with E-state index in [9.17, 15) is 9.90 Å². The first-order valence-electron chi connectivity index (χ1n) is 9.51. The molecule has 7 nitrogen and oxygen atoms in total. The van der Waals surface area contributed by atoms with E-state index in [4.69, 9.17) is 0 Å². The second-order valence-electron chi connectivity index (χ2n) is 7.19. The number of pyridine rings is 1. The van der Waals surface area contributed by atoms with Crippen LogP contribution in [0.1, 0.15) is 48.5 Å². The van der Waals surface area contributed by atoms with Gasteiger partial charge >= 0.3 is 0 Å². The number of aliphatic hydroxyl groups excluding tert-OH is 1. The number of rotatable bonds is 4. The van der Waals surface area contributed by atoms with Gasteiger partial charge in [0.25, 0.3) is 0 Å². The third kappa shape index (κ3) is 3.35. The highest BCUT2D eigenvalue weighted by atomic mass is 16.3. The van der Waals surface area contributed by atoms with Gasteiger partial charge in [0.1, 0.15) is 5.65 Å². The first-order chi connectivity index (χ1) is 13.1. The Labute approximate surface area is 158 Å². The molecule has 1 amide bonds. The molecule has 0 aliphatic carbocycles. The number of hydrogen-bond donors (Lipinski definition) is 1. The summed E-state index contributed by atoms with van der Waals surface area (Å²) in [5.74, 6) is 0.0885. The van der Waals surface area contributed by atoms with E-state index in [-0.39, 0.29) is 5.91 Å². The zero-order valence-electron chi connectivity index (χ0n) is 15.8. The van der Waals surface area contributed by atoms with E-state index in [2.05, 4.69) is 10.1 Å². The molecule has 0 aromatic carbocycles. The summed E-state index contributed by atoms with van der Waals surface area (Å²) in [6.45, 7) is 5.96. The van der Waals surface area contributed by atoms with E-state index >= 15 is 0 Å². The molecule has 1 N–H and O–H groups in total. The van der Waals surface area contributed by atoms with Crippen LogP contribution in [-0.2, 0) is 24.3 Å². The van der Waals surface area contributed by atoms with E-state index in [0.717, 1.165) is 35.6 Å². The second kappa shape index (κ2) is 7.15.